The van der Waals surface area contributed by atoms with Crippen LogP contribution in [0.25, 0.3) is 10.8 Å². The number of halogens is 1. The van der Waals surface area contributed by atoms with E-state index in [1.54, 1.807) is 11.2 Å². The SMILES string of the molecule is CC(C)(C)OC(=O)N(CCCC=COC1CCCCO1)c1cc(OCc2ccccc2)c2ccccc2c1Br. The molecular weight excluding hydrogens is 558 g/mol. The van der Waals surface area contributed by atoms with Gasteiger partial charge in [-0.3, -0.25) is 4.90 Å². The number of allylic oxidation sites excluding steroid dienone is 1. The molecule has 1 amide bonds. The number of hydrogen-bond donors (Lipinski definition) is 0. The normalized spacial score (nSPS) is 15.8. The van der Waals surface area contributed by atoms with Crippen molar-refractivity contribution in [2.24, 2.45) is 0 Å². The number of fused-ring (bicyclic) bond motifs is 1. The lowest BCUT2D eigenvalue weighted by atomic mass is 10.1. The number of benzene rings is 3. The van der Waals surface area contributed by atoms with Crippen LogP contribution in [0.4, 0.5) is 10.5 Å². The molecule has 208 valence electrons. The van der Waals surface area contributed by atoms with Crippen LogP contribution in [0.15, 0.2) is 77.5 Å². The van der Waals surface area contributed by atoms with E-state index in [2.05, 4.69) is 15.9 Å². The third kappa shape index (κ3) is 8.48. The first-order valence-electron chi connectivity index (χ1n) is 13.6. The van der Waals surface area contributed by atoms with E-state index in [0.29, 0.717) is 24.6 Å². The van der Waals surface area contributed by atoms with Crippen LogP contribution in [0.3, 0.4) is 0 Å². The predicted octanol–water partition coefficient (Wildman–Crippen LogP) is 8.76. The Bertz CT molecular complexity index is 1250. The summed E-state index contributed by atoms with van der Waals surface area (Å²) in [7, 11) is 0. The van der Waals surface area contributed by atoms with E-state index in [4.69, 9.17) is 18.9 Å². The van der Waals surface area contributed by atoms with Crippen LogP contribution >= 0.6 is 15.9 Å². The summed E-state index contributed by atoms with van der Waals surface area (Å²) in [6.45, 7) is 7.27. The molecule has 4 rings (SSSR count). The second-order valence-corrected chi connectivity index (χ2v) is 11.4. The average Bonchev–Trinajstić information content (AvgIpc) is 2.93. The first-order chi connectivity index (χ1) is 18.8. The smallest absolute Gasteiger partial charge is 0.414 e. The molecule has 1 fully saturated rings. The van der Waals surface area contributed by atoms with Crippen LogP contribution in [0.5, 0.6) is 5.75 Å². The molecule has 0 aromatic heterocycles. The van der Waals surface area contributed by atoms with Crippen molar-refractivity contribution in [1.29, 1.82) is 0 Å². The van der Waals surface area contributed by atoms with E-state index in [1.165, 1.54) is 0 Å². The minimum Gasteiger partial charge on any atom is -0.488 e. The summed E-state index contributed by atoms with van der Waals surface area (Å²) in [5.41, 5.74) is 1.16. The van der Waals surface area contributed by atoms with Gasteiger partial charge >= 0.3 is 6.09 Å². The molecule has 0 aliphatic carbocycles. The van der Waals surface area contributed by atoms with Gasteiger partial charge < -0.3 is 18.9 Å². The van der Waals surface area contributed by atoms with Gasteiger partial charge in [-0.1, -0.05) is 54.6 Å². The molecule has 0 radical (unpaired) electrons. The number of carbonyl (C=O) groups excluding carboxylic acids is 1. The summed E-state index contributed by atoms with van der Waals surface area (Å²) in [5.74, 6) is 0.710. The summed E-state index contributed by atoms with van der Waals surface area (Å²) in [6, 6.07) is 20.0. The highest BCUT2D eigenvalue weighted by molar-refractivity contribution is 9.10. The summed E-state index contributed by atoms with van der Waals surface area (Å²) < 4.78 is 24.3. The zero-order valence-corrected chi connectivity index (χ0v) is 24.6. The highest BCUT2D eigenvalue weighted by Crippen LogP contribution is 2.40. The number of carbonyl (C=O) groups is 1. The lowest BCUT2D eigenvalue weighted by Gasteiger charge is -2.29. The Morgan fingerprint density at radius 1 is 1.08 bits per heavy atom. The Morgan fingerprint density at radius 2 is 1.82 bits per heavy atom. The van der Waals surface area contributed by atoms with Crippen molar-refractivity contribution in [3.05, 3.63) is 83.0 Å². The first kappa shape index (κ1) is 29.0. The van der Waals surface area contributed by atoms with Crippen LogP contribution in [0, 0.1) is 0 Å². The van der Waals surface area contributed by atoms with Crippen LogP contribution in [0.2, 0.25) is 0 Å². The molecule has 1 atom stereocenters. The molecule has 0 bridgehead atoms. The molecule has 1 heterocycles. The zero-order chi connectivity index (χ0) is 27.7. The monoisotopic (exact) mass is 595 g/mol. The van der Waals surface area contributed by atoms with Crippen molar-refractivity contribution in [3.8, 4) is 5.75 Å². The number of ether oxygens (including phenoxy) is 4. The maximum atomic E-state index is 13.4. The third-order valence-corrected chi connectivity index (χ3v) is 7.11. The lowest BCUT2D eigenvalue weighted by molar-refractivity contribution is -0.129. The molecule has 1 aliphatic heterocycles. The van der Waals surface area contributed by atoms with Crippen LogP contribution < -0.4 is 9.64 Å². The number of anilines is 1. The first-order valence-corrected chi connectivity index (χ1v) is 14.4. The maximum Gasteiger partial charge on any atom is 0.414 e. The Labute approximate surface area is 240 Å². The van der Waals surface area contributed by atoms with Gasteiger partial charge in [-0.2, -0.15) is 0 Å². The van der Waals surface area contributed by atoms with Gasteiger partial charge in [0, 0.05) is 34.3 Å². The number of amides is 1. The molecule has 0 spiro atoms. The quantitative estimate of drug-likeness (QED) is 0.173. The van der Waals surface area contributed by atoms with E-state index in [0.717, 1.165) is 59.5 Å². The van der Waals surface area contributed by atoms with E-state index in [9.17, 15) is 4.79 Å². The van der Waals surface area contributed by atoms with Gasteiger partial charge in [0.15, 0.2) is 6.29 Å². The number of rotatable bonds is 10. The Kier molecular flexibility index (Phi) is 10.3. The van der Waals surface area contributed by atoms with Crippen molar-refractivity contribution in [1.82, 2.24) is 0 Å². The standard InChI is InChI=1S/C32H38BrNO5/c1-32(2,3)39-31(35)34(19-11-5-12-20-36-29-18-10-13-21-37-29)27-22-28(38-23-24-14-6-4-7-15-24)25-16-8-9-17-26(25)30(27)33/h4,6-9,12,14-17,20,22,29H,5,10-11,13,18-19,21,23H2,1-3H3. The van der Waals surface area contributed by atoms with Crippen LogP contribution in [-0.2, 0) is 20.8 Å². The topological polar surface area (TPSA) is 57.2 Å². The molecular formula is C32H38BrNO5. The van der Waals surface area contributed by atoms with Crippen molar-refractivity contribution in [3.63, 3.8) is 0 Å². The molecule has 39 heavy (non-hydrogen) atoms. The largest absolute Gasteiger partial charge is 0.488 e. The van der Waals surface area contributed by atoms with Gasteiger partial charge in [0.05, 0.1) is 18.6 Å². The third-order valence-electron chi connectivity index (χ3n) is 6.28. The van der Waals surface area contributed by atoms with E-state index < -0.39 is 11.7 Å². The van der Waals surface area contributed by atoms with Crippen molar-refractivity contribution >= 4 is 38.5 Å². The van der Waals surface area contributed by atoms with Gasteiger partial charge in [-0.15, -0.1) is 0 Å². The minimum atomic E-state index is -0.626. The second kappa shape index (κ2) is 13.9. The van der Waals surface area contributed by atoms with Gasteiger partial charge in [-0.05, 0) is 74.0 Å². The minimum absolute atomic E-state index is 0.156. The van der Waals surface area contributed by atoms with Crippen LogP contribution in [0.1, 0.15) is 58.4 Å². The van der Waals surface area contributed by atoms with Gasteiger partial charge in [0.1, 0.15) is 18.0 Å². The molecule has 0 N–H and O–H groups in total. The van der Waals surface area contributed by atoms with Crippen molar-refractivity contribution in [2.45, 2.75) is 71.4 Å². The summed E-state index contributed by atoms with van der Waals surface area (Å²) in [4.78, 5) is 15.1. The molecule has 1 unspecified atom stereocenters. The summed E-state index contributed by atoms with van der Waals surface area (Å²) in [6.07, 6.45) is 7.75. The fourth-order valence-corrected chi connectivity index (χ4v) is 5.04. The number of hydrogen-bond acceptors (Lipinski definition) is 5. The van der Waals surface area contributed by atoms with Crippen molar-refractivity contribution < 1.29 is 23.7 Å². The van der Waals surface area contributed by atoms with Gasteiger partial charge in [0.2, 0.25) is 0 Å². The number of unbranched alkanes of at least 4 members (excludes halogenated alkanes) is 1. The van der Waals surface area contributed by atoms with Crippen LogP contribution in [-0.4, -0.2) is 31.1 Å². The Morgan fingerprint density at radius 3 is 2.54 bits per heavy atom. The van der Waals surface area contributed by atoms with Gasteiger partial charge in [-0.25, -0.2) is 4.79 Å². The van der Waals surface area contributed by atoms with E-state index in [1.807, 2.05) is 87.5 Å². The highest BCUT2D eigenvalue weighted by Gasteiger charge is 2.26. The summed E-state index contributed by atoms with van der Waals surface area (Å²) in [5, 5.41) is 1.94. The molecule has 3 aromatic carbocycles. The lowest BCUT2D eigenvalue weighted by Crippen LogP contribution is -2.37. The fraction of sp³-hybridized carbons (Fsp3) is 0.406. The summed E-state index contributed by atoms with van der Waals surface area (Å²) >= 11 is 3.79. The molecule has 0 saturated carbocycles. The fourth-order valence-electron chi connectivity index (χ4n) is 4.37. The molecule has 3 aromatic rings. The Hall–Kier alpha value is -3.03. The van der Waals surface area contributed by atoms with E-state index in [-0.39, 0.29) is 6.29 Å². The maximum absolute atomic E-state index is 13.4. The second-order valence-electron chi connectivity index (χ2n) is 10.6. The zero-order valence-electron chi connectivity index (χ0n) is 23.0. The number of nitrogens with zero attached hydrogens (tertiary/aromatic N) is 1. The average molecular weight is 597 g/mol. The molecule has 1 aliphatic rings. The van der Waals surface area contributed by atoms with E-state index >= 15 is 0 Å². The molecule has 1 saturated heterocycles. The highest BCUT2D eigenvalue weighted by atomic mass is 79.9. The molecule has 6 nitrogen and oxygen atoms in total. The van der Waals surface area contributed by atoms with Crippen molar-refractivity contribution in [2.75, 3.05) is 18.1 Å². The Balaban J connectivity index is 1.55. The van der Waals surface area contributed by atoms with Gasteiger partial charge in [0.25, 0.3) is 0 Å². The molecule has 7 heteroatoms. The predicted molar refractivity (Wildman–Crippen MR) is 159 cm³/mol.